The molecule has 39 heavy (non-hydrogen) atoms. The minimum atomic E-state index is -0.792. The van der Waals surface area contributed by atoms with Crippen LogP contribution < -0.4 is 10.1 Å². The summed E-state index contributed by atoms with van der Waals surface area (Å²) in [7, 11) is 1.57. The van der Waals surface area contributed by atoms with E-state index in [0.717, 1.165) is 22.3 Å². The summed E-state index contributed by atoms with van der Waals surface area (Å²) in [5.74, 6) is -0.638. The van der Waals surface area contributed by atoms with Crippen molar-refractivity contribution in [1.29, 1.82) is 0 Å². The maximum absolute atomic E-state index is 14.1. The molecule has 1 saturated carbocycles. The molecule has 2 N–H and O–H groups in total. The summed E-state index contributed by atoms with van der Waals surface area (Å²) in [6, 6.07) is 20.9. The highest BCUT2D eigenvalue weighted by Gasteiger charge is 2.51. The summed E-state index contributed by atoms with van der Waals surface area (Å²) in [5.41, 5.74) is 3.26. The Kier molecular flexibility index (Phi) is 7.34. The number of aliphatic carboxylic acids is 1. The van der Waals surface area contributed by atoms with Crippen LogP contribution in [0.2, 0.25) is 4.34 Å². The summed E-state index contributed by atoms with van der Waals surface area (Å²) in [4.78, 5) is 25.0. The predicted octanol–water partition coefficient (Wildman–Crippen LogP) is 8.31. The molecule has 0 aliphatic heterocycles. The number of nitrogens with one attached hydrogen (secondary N) is 1. The Balaban J connectivity index is 1.37. The van der Waals surface area contributed by atoms with Gasteiger partial charge in [0.25, 0.3) is 0 Å². The number of ether oxygens (including phenoxy) is 2. The van der Waals surface area contributed by atoms with E-state index in [9.17, 15) is 19.1 Å². The van der Waals surface area contributed by atoms with E-state index in [1.165, 1.54) is 17.4 Å². The van der Waals surface area contributed by atoms with Crippen molar-refractivity contribution in [2.75, 3.05) is 12.4 Å². The lowest BCUT2D eigenvalue weighted by molar-refractivity contribution is -0.140. The summed E-state index contributed by atoms with van der Waals surface area (Å²) in [6.07, 6.45) is -0.232. The number of rotatable bonds is 8. The molecule has 0 saturated heterocycles. The smallest absolute Gasteiger partial charge is 0.412 e. The van der Waals surface area contributed by atoms with Gasteiger partial charge in [-0.25, -0.2) is 9.18 Å². The van der Waals surface area contributed by atoms with Crippen LogP contribution >= 0.6 is 22.9 Å². The van der Waals surface area contributed by atoms with Crippen molar-refractivity contribution in [2.24, 2.45) is 0 Å². The normalized spacial score (nSPS) is 14.4. The molecule has 200 valence electrons. The molecular formula is C30H25ClFNO5S. The Morgan fingerprint density at radius 2 is 1.74 bits per heavy atom. The SMILES string of the molecule is COc1cc(-c2sc(Cl)cc2NC(=O)OC(C)c2ccccc2F)ccc1-c1ccc(C2(C(=O)O)CC2)cc1. The Hall–Kier alpha value is -3.88. The van der Waals surface area contributed by atoms with E-state index in [2.05, 4.69) is 5.32 Å². The number of carboxylic acids is 1. The van der Waals surface area contributed by atoms with Crippen LogP contribution in [0.15, 0.2) is 72.8 Å². The van der Waals surface area contributed by atoms with Gasteiger partial charge in [0.15, 0.2) is 0 Å². The van der Waals surface area contributed by atoms with Gasteiger partial charge in [-0.2, -0.15) is 0 Å². The van der Waals surface area contributed by atoms with Gasteiger partial charge < -0.3 is 14.6 Å². The fourth-order valence-corrected chi connectivity index (χ4v) is 5.80. The molecule has 0 bridgehead atoms. The molecular weight excluding hydrogens is 541 g/mol. The van der Waals surface area contributed by atoms with E-state index in [1.54, 1.807) is 38.3 Å². The second-order valence-electron chi connectivity index (χ2n) is 9.37. The van der Waals surface area contributed by atoms with Gasteiger partial charge in [0, 0.05) is 11.1 Å². The molecule has 4 aromatic rings. The molecule has 1 aromatic heterocycles. The molecule has 0 radical (unpaired) electrons. The lowest BCUT2D eigenvalue weighted by Crippen LogP contribution is -2.19. The minimum Gasteiger partial charge on any atom is -0.496 e. The van der Waals surface area contributed by atoms with E-state index < -0.39 is 29.4 Å². The fourth-order valence-electron chi connectivity index (χ4n) is 4.63. The quantitative estimate of drug-likeness (QED) is 0.224. The van der Waals surface area contributed by atoms with Gasteiger partial charge in [-0.05, 0) is 54.7 Å². The molecule has 0 spiro atoms. The van der Waals surface area contributed by atoms with Gasteiger partial charge in [0.05, 0.1) is 27.4 Å². The van der Waals surface area contributed by atoms with Gasteiger partial charge in [-0.1, -0.05) is 66.2 Å². The third kappa shape index (κ3) is 5.35. The van der Waals surface area contributed by atoms with E-state index >= 15 is 0 Å². The molecule has 1 amide bonds. The third-order valence-electron chi connectivity index (χ3n) is 6.94. The van der Waals surface area contributed by atoms with Crippen LogP contribution in [0, 0.1) is 5.82 Å². The number of halogens is 2. The standard InChI is InChI=1S/C30H25ClFNO5S/c1-17(21-5-3-4-6-23(21)32)38-29(36)33-24-16-26(31)39-27(24)19-9-12-22(25(15-19)37-2)18-7-10-20(11-8-18)30(13-14-30)28(34)35/h3-12,15-17H,13-14H2,1-2H3,(H,33,36)(H,34,35). The second kappa shape index (κ2) is 10.7. The number of hydrogen-bond acceptors (Lipinski definition) is 5. The van der Waals surface area contributed by atoms with Crippen LogP contribution in [0.25, 0.3) is 21.6 Å². The Morgan fingerprint density at radius 1 is 1.05 bits per heavy atom. The van der Waals surface area contributed by atoms with E-state index in [1.807, 2.05) is 42.5 Å². The van der Waals surface area contributed by atoms with Crippen molar-refractivity contribution in [3.05, 3.63) is 94.1 Å². The van der Waals surface area contributed by atoms with Crippen LogP contribution in [0.1, 0.15) is 37.0 Å². The molecule has 9 heteroatoms. The number of anilines is 1. The highest BCUT2D eigenvalue weighted by Crippen LogP contribution is 2.49. The molecule has 1 atom stereocenters. The molecule has 1 aliphatic carbocycles. The minimum absolute atomic E-state index is 0.278. The van der Waals surface area contributed by atoms with Crippen molar-refractivity contribution < 1.29 is 28.6 Å². The van der Waals surface area contributed by atoms with Gasteiger partial charge >= 0.3 is 12.1 Å². The second-order valence-corrected chi connectivity index (χ2v) is 11.1. The summed E-state index contributed by atoms with van der Waals surface area (Å²) in [5, 5.41) is 12.3. The Bertz CT molecular complexity index is 1550. The molecule has 1 heterocycles. The zero-order chi connectivity index (χ0) is 27.7. The first-order valence-corrected chi connectivity index (χ1v) is 13.5. The zero-order valence-electron chi connectivity index (χ0n) is 21.2. The maximum Gasteiger partial charge on any atom is 0.412 e. The number of carbonyl (C=O) groups excluding carboxylic acids is 1. The summed E-state index contributed by atoms with van der Waals surface area (Å²) in [6.45, 7) is 1.60. The first-order chi connectivity index (χ1) is 18.7. The van der Waals surface area contributed by atoms with Gasteiger partial charge in [0.2, 0.25) is 0 Å². The highest BCUT2D eigenvalue weighted by molar-refractivity contribution is 7.20. The summed E-state index contributed by atoms with van der Waals surface area (Å²) >= 11 is 7.59. The first-order valence-electron chi connectivity index (χ1n) is 12.3. The lowest BCUT2D eigenvalue weighted by atomic mass is 9.93. The van der Waals surface area contributed by atoms with Gasteiger partial charge in [-0.15, -0.1) is 11.3 Å². The number of carboxylic acid groups (broad SMARTS) is 1. The molecule has 1 fully saturated rings. The first kappa shape index (κ1) is 26.7. The van der Waals surface area contributed by atoms with E-state index in [-0.39, 0.29) is 5.56 Å². The largest absolute Gasteiger partial charge is 0.496 e. The van der Waals surface area contributed by atoms with Crippen LogP contribution in [0.5, 0.6) is 5.75 Å². The van der Waals surface area contributed by atoms with E-state index in [0.29, 0.717) is 33.5 Å². The molecule has 1 unspecified atom stereocenters. The Morgan fingerprint density at radius 3 is 2.38 bits per heavy atom. The van der Waals surface area contributed by atoms with Crippen molar-refractivity contribution in [3.63, 3.8) is 0 Å². The monoisotopic (exact) mass is 565 g/mol. The number of amides is 1. The maximum atomic E-state index is 14.1. The summed E-state index contributed by atoms with van der Waals surface area (Å²) < 4.78 is 25.6. The average molecular weight is 566 g/mol. The fraction of sp³-hybridized carbons (Fsp3) is 0.200. The highest BCUT2D eigenvalue weighted by atomic mass is 35.5. The van der Waals surface area contributed by atoms with Gasteiger partial charge in [-0.3, -0.25) is 10.1 Å². The van der Waals surface area contributed by atoms with Crippen LogP contribution in [-0.4, -0.2) is 24.3 Å². The molecule has 6 nitrogen and oxygen atoms in total. The van der Waals surface area contributed by atoms with Crippen LogP contribution in [-0.2, 0) is 14.9 Å². The predicted molar refractivity (Wildman–Crippen MR) is 150 cm³/mol. The number of carbonyl (C=O) groups is 2. The number of hydrogen-bond donors (Lipinski definition) is 2. The molecule has 5 rings (SSSR count). The van der Waals surface area contributed by atoms with Crippen molar-refractivity contribution in [3.8, 4) is 27.3 Å². The van der Waals surface area contributed by atoms with Crippen molar-refractivity contribution >= 4 is 40.7 Å². The number of thiophene rings is 1. The zero-order valence-corrected chi connectivity index (χ0v) is 22.7. The van der Waals surface area contributed by atoms with E-state index in [4.69, 9.17) is 21.1 Å². The van der Waals surface area contributed by atoms with Crippen molar-refractivity contribution in [2.45, 2.75) is 31.3 Å². The molecule has 3 aromatic carbocycles. The third-order valence-corrected chi connectivity index (χ3v) is 8.25. The number of benzene rings is 3. The molecule has 1 aliphatic rings. The average Bonchev–Trinajstić information content (AvgIpc) is 3.66. The van der Waals surface area contributed by atoms with Crippen LogP contribution in [0.4, 0.5) is 14.9 Å². The topological polar surface area (TPSA) is 84.9 Å². The Labute approximate surface area is 234 Å². The number of methoxy groups -OCH3 is 1. The van der Waals surface area contributed by atoms with Gasteiger partial charge in [0.1, 0.15) is 17.7 Å². The van der Waals surface area contributed by atoms with Crippen LogP contribution in [0.3, 0.4) is 0 Å². The van der Waals surface area contributed by atoms with Crippen molar-refractivity contribution in [1.82, 2.24) is 0 Å². The lowest BCUT2D eigenvalue weighted by Gasteiger charge is -2.16.